The summed E-state index contributed by atoms with van der Waals surface area (Å²) in [5.74, 6) is -3.22. The van der Waals surface area contributed by atoms with Crippen molar-refractivity contribution >= 4 is 28.6 Å². The summed E-state index contributed by atoms with van der Waals surface area (Å²) in [4.78, 5) is 28.9. The van der Waals surface area contributed by atoms with E-state index >= 15 is 4.39 Å². The number of rotatable bonds is 7. The average Bonchev–Trinajstić information content (AvgIpc) is 3.40. The third-order valence-electron chi connectivity index (χ3n) is 7.41. The monoisotopic (exact) mass is 515 g/mol. The minimum atomic E-state index is -2.77. The molecule has 2 aliphatic heterocycles. The van der Waals surface area contributed by atoms with Gasteiger partial charge in [-0.2, -0.15) is 0 Å². The smallest absolute Gasteiger partial charge is 0.272 e. The first-order valence-electron chi connectivity index (χ1n) is 12.3. The molecule has 196 valence electrons. The van der Waals surface area contributed by atoms with Crippen molar-refractivity contribution in [1.29, 1.82) is 0 Å². The molecule has 2 aromatic heterocycles. The van der Waals surface area contributed by atoms with E-state index in [1.165, 1.54) is 17.3 Å². The van der Waals surface area contributed by atoms with E-state index < -0.39 is 30.4 Å². The van der Waals surface area contributed by atoms with Gasteiger partial charge in [0.15, 0.2) is 11.5 Å². The number of fused-ring (bicyclic) bond motifs is 1. The molecule has 2 saturated heterocycles. The number of alkyl halides is 2. The van der Waals surface area contributed by atoms with Gasteiger partial charge >= 0.3 is 0 Å². The topological polar surface area (TPSA) is 131 Å². The Balaban J connectivity index is 1.36. The maximum absolute atomic E-state index is 15.3. The van der Waals surface area contributed by atoms with Crippen LogP contribution in [-0.4, -0.2) is 74.0 Å². The highest BCUT2D eigenvalue weighted by Crippen LogP contribution is 2.36. The Morgan fingerprint density at radius 2 is 1.89 bits per heavy atom. The van der Waals surface area contributed by atoms with Gasteiger partial charge in [0.2, 0.25) is 5.91 Å². The van der Waals surface area contributed by atoms with Crippen LogP contribution in [0.5, 0.6) is 0 Å². The van der Waals surface area contributed by atoms with E-state index in [9.17, 15) is 13.6 Å². The lowest BCUT2D eigenvalue weighted by atomic mass is 9.98. The van der Waals surface area contributed by atoms with E-state index in [1.807, 2.05) is 4.90 Å². The number of carbonyl (C=O) groups is 1. The summed E-state index contributed by atoms with van der Waals surface area (Å²) in [6.07, 6.45) is 5.23. The number of nitrogens with zero attached hydrogens (tertiary/aromatic N) is 6. The van der Waals surface area contributed by atoms with Gasteiger partial charge in [0.05, 0.1) is 26.0 Å². The molecule has 3 aromatic rings. The molecular formula is C24H28F3N9O. The predicted octanol–water partition coefficient (Wildman–Crippen LogP) is 1.23. The van der Waals surface area contributed by atoms with E-state index in [-0.39, 0.29) is 37.4 Å². The van der Waals surface area contributed by atoms with Gasteiger partial charge in [-0.1, -0.05) is 0 Å². The molecule has 4 heterocycles. The third kappa shape index (κ3) is 4.46. The molecule has 5 N–H and O–H groups in total. The zero-order valence-corrected chi connectivity index (χ0v) is 20.1. The number of hydrogen-bond acceptors (Lipinski definition) is 8. The fourth-order valence-electron chi connectivity index (χ4n) is 5.20. The second-order valence-electron chi connectivity index (χ2n) is 10.4. The Kier molecular flexibility index (Phi) is 5.53. The minimum absolute atomic E-state index is 0.0259. The Morgan fingerprint density at radius 1 is 1.11 bits per heavy atom. The van der Waals surface area contributed by atoms with Crippen LogP contribution in [-0.2, 0) is 17.9 Å². The van der Waals surface area contributed by atoms with Crippen LogP contribution in [0.2, 0.25) is 0 Å². The number of nitrogen functional groups attached to an aromatic ring is 1. The SMILES string of the molecule is Nc1ncnc2c1ncn2Cc1c(N2CC[C@](N)(C(=O)NC3CC3)C2)ccc(F)c1CN1CC(F)(F)C1. The van der Waals surface area contributed by atoms with E-state index in [0.29, 0.717) is 40.9 Å². The predicted molar refractivity (Wildman–Crippen MR) is 130 cm³/mol. The van der Waals surface area contributed by atoms with Crippen LogP contribution in [0.1, 0.15) is 30.4 Å². The summed E-state index contributed by atoms with van der Waals surface area (Å²) in [7, 11) is 0. The Hall–Kier alpha value is -3.45. The lowest BCUT2D eigenvalue weighted by Gasteiger charge is -2.39. The van der Waals surface area contributed by atoms with Crippen molar-refractivity contribution in [2.75, 3.05) is 36.8 Å². The second-order valence-corrected chi connectivity index (χ2v) is 10.4. The summed E-state index contributed by atoms with van der Waals surface area (Å²) < 4.78 is 44.1. The van der Waals surface area contributed by atoms with Crippen LogP contribution in [0.25, 0.3) is 11.2 Å². The average molecular weight is 516 g/mol. The molecule has 1 saturated carbocycles. The summed E-state index contributed by atoms with van der Waals surface area (Å²) in [6, 6.07) is 3.19. The second kappa shape index (κ2) is 8.55. The molecule has 10 nitrogen and oxygen atoms in total. The zero-order chi connectivity index (χ0) is 25.9. The van der Waals surface area contributed by atoms with Gasteiger partial charge in [-0.05, 0) is 31.4 Å². The van der Waals surface area contributed by atoms with Gasteiger partial charge in [-0.25, -0.2) is 28.1 Å². The van der Waals surface area contributed by atoms with Gasteiger partial charge in [-0.3, -0.25) is 9.69 Å². The molecule has 1 aliphatic carbocycles. The first-order valence-corrected chi connectivity index (χ1v) is 12.3. The molecule has 6 rings (SSSR count). The largest absolute Gasteiger partial charge is 0.382 e. The lowest BCUT2D eigenvalue weighted by Crippen LogP contribution is -2.56. The number of amides is 1. The maximum atomic E-state index is 15.3. The number of benzene rings is 1. The summed E-state index contributed by atoms with van der Waals surface area (Å²) in [6.45, 7) is 0.0925. The molecule has 3 aliphatic rings. The number of halogens is 3. The normalized spacial score (nSPS) is 23.4. The van der Waals surface area contributed by atoms with Crippen molar-refractivity contribution in [2.24, 2.45) is 5.73 Å². The Labute approximate surface area is 210 Å². The van der Waals surface area contributed by atoms with E-state index in [4.69, 9.17) is 11.5 Å². The zero-order valence-electron chi connectivity index (χ0n) is 20.1. The maximum Gasteiger partial charge on any atom is 0.272 e. The molecule has 1 atom stereocenters. The molecule has 0 radical (unpaired) electrons. The number of aromatic nitrogens is 4. The molecule has 1 amide bonds. The van der Waals surface area contributed by atoms with Crippen LogP contribution >= 0.6 is 0 Å². The van der Waals surface area contributed by atoms with Crippen molar-refractivity contribution in [3.63, 3.8) is 0 Å². The number of hydrogen-bond donors (Lipinski definition) is 3. The first-order chi connectivity index (χ1) is 17.6. The van der Waals surface area contributed by atoms with E-state index in [1.54, 1.807) is 17.0 Å². The van der Waals surface area contributed by atoms with Crippen molar-refractivity contribution in [3.8, 4) is 0 Å². The quantitative estimate of drug-likeness (QED) is 0.428. The van der Waals surface area contributed by atoms with E-state index in [2.05, 4.69) is 20.3 Å². The van der Waals surface area contributed by atoms with Crippen LogP contribution in [0.15, 0.2) is 24.8 Å². The number of imidazole rings is 1. The van der Waals surface area contributed by atoms with Crippen LogP contribution in [0, 0.1) is 5.82 Å². The molecule has 0 spiro atoms. The van der Waals surface area contributed by atoms with Crippen molar-refractivity contribution in [3.05, 3.63) is 41.7 Å². The van der Waals surface area contributed by atoms with Crippen molar-refractivity contribution < 1.29 is 18.0 Å². The Bertz CT molecular complexity index is 1370. The number of carbonyl (C=O) groups excluding carboxylic acids is 1. The Morgan fingerprint density at radius 3 is 2.62 bits per heavy atom. The first kappa shape index (κ1) is 23.9. The number of nitrogens with one attached hydrogen (secondary N) is 1. The third-order valence-corrected chi connectivity index (χ3v) is 7.41. The molecule has 0 unspecified atom stereocenters. The highest BCUT2D eigenvalue weighted by molar-refractivity contribution is 5.88. The summed E-state index contributed by atoms with van der Waals surface area (Å²) in [5, 5.41) is 2.99. The van der Waals surface area contributed by atoms with Crippen LogP contribution in [0.3, 0.4) is 0 Å². The fourth-order valence-corrected chi connectivity index (χ4v) is 5.20. The minimum Gasteiger partial charge on any atom is -0.382 e. The van der Waals surface area contributed by atoms with Crippen LogP contribution in [0.4, 0.5) is 24.7 Å². The molecule has 0 bridgehead atoms. The van der Waals surface area contributed by atoms with Crippen molar-refractivity contribution in [1.82, 2.24) is 29.7 Å². The standard InChI is InChI=1S/C24H28F3N9O/c25-17-3-4-18(35-6-5-23(29,9-35)22(37)33-14-1-2-14)16(15(17)7-34-10-24(26,27)11-34)8-36-13-32-19-20(28)30-12-31-21(19)36/h3-4,12-14H,1-2,5-11,29H2,(H,33,37)(H2,28,30,31)/t23-/m1/s1. The molecular weight excluding hydrogens is 487 g/mol. The van der Waals surface area contributed by atoms with Gasteiger partial charge in [-0.15, -0.1) is 0 Å². The lowest BCUT2D eigenvalue weighted by molar-refractivity contribution is -0.134. The highest BCUT2D eigenvalue weighted by Gasteiger charge is 2.45. The van der Waals surface area contributed by atoms with E-state index in [0.717, 1.165) is 12.8 Å². The van der Waals surface area contributed by atoms with Gasteiger partial charge in [0.25, 0.3) is 5.92 Å². The molecule has 37 heavy (non-hydrogen) atoms. The van der Waals surface area contributed by atoms with Gasteiger partial charge in [0.1, 0.15) is 23.2 Å². The van der Waals surface area contributed by atoms with Gasteiger partial charge in [0, 0.05) is 42.5 Å². The molecule has 1 aromatic carbocycles. The van der Waals surface area contributed by atoms with Crippen LogP contribution < -0.4 is 21.7 Å². The van der Waals surface area contributed by atoms with Gasteiger partial charge < -0.3 is 26.3 Å². The number of likely N-dealkylation sites (tertiary alicyclic amines) is 1. The molecule has 13 heteroatoms. The number of nitrogens with two attached hydrogens (primary N) is 2. The molecule has 3 fully saturated rings. The van der Waals surface area contributed by atoms with Crippen molar-refractivity contribution in [2.45, 2.75) is 49.9 Å². The summed E-state index contributed by atoms with van der Waals surface area (Å²) >= 11 is 0. The fraction of sp³-hybridized carbons (Fsp3) is 0.500. The number of anilines is 2. The summed E-state index contributed by atoms with van der Waals surface area (Å²) in [5.41, 5.74) is 13.9. The highest BCUT2D eigenvalue weighted by atomic mass is 19.3.